The lowest BCUT2D eigenvalue weighted by Gasteiger charge is -2.12. The van der Waals surface area contributed by atoms with Crippen LogP contribution >= 0.6 is 0 Å². The Morgan fingerprint density at radius 2 is 1.96 bits per heavy atom. The number of nitrogens with one attached hydrogen (secondary N) is 1. The lowest BCUT2D eigenvalue weighted by atomic mass is 10.2. The summed E-state index contributed by atoms with van der Waals surface area (Å²) in [6.45, 7) is 0.859. The molecule has 1 unspecified atom stereocenters. The summed E-state index contributed by atoms with van der Waals surface area (Å²) in [6, 6.07) is 14.7. The van der Waals surface area contributed by atoms with Gasteiger partial charge in [-0.05, 0) is 35.9 Å². The molecule has 2 aromatic carbocycles. The largest absolute Gasteiger partial charge is 0.454 e. The molecule has 2 aliphatic rings. The highest BCUT2D eigenvalue weighted by Gasteiger charge is 2.32. The maximum atomic E-state index is 12.0. The number of nitrogens with zero attached hydrogens (tertiary/aromatic N) is 1. The Labute approximate surface area is 156 Å². The third-order valence-corrected chi connectivity index (χ3v) is 4.27. The second-order valence-electron chi connectivity index (χ2n) is 6.14. The molecule has 138 valence electrons. The number of amides is 2. The zero-order chi connectivity index (χ0) is 18.6. The fourth-order valence-electron chi connectivity index (χ4n) is 2.91. The van der Waals surface area contributed by atoms with Crippen molar-refractivity contribution >= 4 is 23.8 Å². The molecule has 0 saturated carbocycles. The molecule has 0 bridgehead atoms. The second-order valence-corrected chi connectivity index (χ2v) is 6.14. The van der Waals surface area contributed by atoms with Crippen LogP contribution in [0.25, 0.3) is 6.08 Å². The Hall–Kier alpha value is -3.48. The van der Waals surface area contributed by atoms with Crippen LogP contribution in [0.1, 0.15) is 5.56 Å². The Morgan fingerprint density at radius 1 is 1.15 bits per heavy atom. The van der Waals surface area contributed by atoms with Crippen LogP contribution in [0.2, 0.25) is 0 Å². The average Bonchev–Trinajstić information content (AvgIpc) is 3.31. The van der Waals surface area contributed by atoms with Crippen molar-refractivity contribution in [1.82, 2.24) is 5.32 Å². The van der Waals surface area contributed by atoms with E-state index in [9.17, 15) is 9.59 Å². The Bertz CT molecular complexity index is 881. The number of hydrogen-bond donors (Lipinski definition) is 1. The van der Waals surface area contributed by atoms with Crippen molar-refractivity contribution < 1.29 is 23.8 Å². The van der Waals surface area contributed by atoms with E-state index in [0.717, 1.165) is 11.3 Å². The summed E-state index contributed by atoms with van der Waals surface area (Å²) in [4.78, 5) is 25.6. The predicted molar refractivity (Wildman–Crippen MR) is 98.7 cm³/mol. The van der Waals surface area contributed by atoms with Crippen molar-refractivity contribution in [3.63, 3.8) is 0 Å². The Morgan fingerprint density at radius 3 is 2.81 bits per heavy atom. The van der Waals surface area contributed by atoms with Crippen LogP contribution < -0.4 is 19.7 Å². The zero-order valence-corrected chi connectivity index (χ0v) is 14.5. The SMILES string of the molecule is O=C(C=Cc1ccc2c(c1)OCO2)NCC1CN(c2ccccc2)C(=O)O1. The van der Waals surface area contributed by atoms with Crippen molar-refractivity contribution in [1.29, 1.82) is 0 Å². The van der Waals surface area contributed by atoms with Crippen LogP contribution in [-0.2, 0) is 9.53 Å². The summed E-state index contributed by atoms with van der Waals surface area (Å²) in [5.41, 5.74) is 1.61. The van der Waals surface area contributed by atoms with E-state index in [4.69, 9.17) is 14.2 Å². The topological polar surface area (TPSA) is 77.1 Å². The number of cyclic esters (lactones) is 1. The second kappa shape index (κ2) is 7.41. The minimum atomic E-state index is -0.406. The number of carbonyl (C=O) groups excluding carboxylic acids is 2. The molecular formula is C20H18N2O5. The summed E-state index contributed by atoms with van der Waals surface area (Å²) in [6.07, 6.45) is 2.33. The van der Waals surface area contributed by atoms with Crippen molar-refractivity contribution in [3.8, 4) is 11.5 Å². The highest BCUT2D eigenvalue weighted by atomic mass is 16.7. The van der Waals surface area contributed by atoms with Crippen molar-refractivity contribution in [2.45, 2.75) is 6.10 Å². The van der Waals surface area contributed by atoms with Crippen LogP contribution in [-0.4, -0.2) is 38.0 Å². The quantitative estimate of drug-likeness (QED) is 0.823. The molecule has 2 aromatic rings. The van der Waals surface area contributed by atoms with Crippen molar-refractivity contribution in [2.75, 3.05) is 24.8 Å². The lowest BCUT2D eigenvalue weighted by Crippen LogP contribution is -2.33. The van der Waals surface area contributed by atoms with Gasteiger partial charge in [-0.25, -0.2) is 4.79 Å². The summed E-state index contributed by atoms with van der Waals surface area (Å²) in [5, 5.41) is 2.75. The third-order valence-electron chi connectivity index (χ3n) is 4.27. The van der Waals surface area contributed by atoms with Crippen LogP contribution in [0.5, 0.6) is 11.5 Å². The standard InChI is InChI=1S/C20H18N2O5/c23-19(9-7-14-6-8-17-18(10-14)26-13-25-17)21-11-16-12-22(20(24)27-16)15-4-2-1-3-5-15/h1-10,16H,11-13H2,(H,21,23). The highest BCUT2D eigenvalue weighted by molar-refractivity contribution is 5.92. The van der Waals surface area contributed by atoms with Gasteiger partial charge in [0, 0.05) is 11.8 Å². The van der Waals surface area contributed by atoms with E-state index in [1.54, 1.807) is 17.0 Å². The number of fused-ring (bicyclic) bond motifs is 1. The molecular weight excluding hydrogens is 348 g/mol. The molecule has 2 amide bonds. The number of ether oxygens (including phenoxy) is 3. The molecule has 2 heterocycles. The van der Waals surface area contributed by atoms with Gasteiger partial charge in [-0.15, -0.1) is 0 Å². The van der Waals surface area contributed by atoms with Gasteiger partial charge >= 0.3 is 6.09 Å². The van der Waals surface area contributed by atoms with Crippen LogP contribution in [0.15, 0.2) is 54.6 Å². The van der Waals surface area contributed by atoms with Crippen LogP contribution in [0.3, 0.4) is 0 Å². The molecule has 7 heteroatoms. The minimum Gasteiger partial charge on any atom is -0.454 e. The summed E-state index contributed by atoms with van der Waals surface area (Å²) < 4.78 is 15.9. The lowest BCUT2D eigenvalue weighted by molar-refractivity contribution is -0.116. The maximum absolute atomic E-state index is 12.0. The normalized spacial score (nSPS) is 18.0. The number of para-hydroxylation sites is 1. The smallest absolute Gasteiger partial charge is 0.414 e. The zero-order valence-electron chi connectivity index (χ0n) is 14.5. The first-order chi connectivity index (χ1) is 13.2. The number of benzene rings is 2. The van der Waals surface area contributed by atoms with Crippen LogP contribution in [0, 0.1) is 0 Å². The van der Waals surface area contributed by atoms with Gasteiger partial charge in [0.05, 0.1) is 13.1 Å². The third kappa shape index (κ3) is 3.87. The van der Waals surface area contributed by atoms with Gasteiger partial charge in [-0.2, -0.15) is 0 Å². The molecule has 1 saturated heterocycles. The van der Waals surface area contributed by atoms with E-state index in [1.807, 2.05) is 42.5 Å². The fourth-order valence-corrected chi connectivity index (χ4v) is 2.91. The summed E-state index contributed by atoms with van der Waals surface area (Å²) in [7, 11) is 0. The van der Waals surface area contributed by atoms with Gasteiger partial charge in [0.15, 0.2) is 11.5 Å². The average molecular weight is 366 g/mol. The van der Waals surface area contributed by atoms with Crippen molar-refractivity contribution in [2.24, 2.45) is 0 Å². The Kier molecular flexibility index (Phi) is 4.65. The number of carbonyl (C=O) groups is 2. The van der Waals surface area contributed by atoms with E-state index in [2.05, 4.69) is 5.32 Å². The van der Waals surface area contributed by atoms with E-state index in [-0.39, 0.29) is 25.3 Å². The molecule has 0 aliphatic carbocycles. The molecule has 1 N–H and O–H groups in total. The minimum absolute atomic E-state index is 0.211. The molecule has 2 aliphatic heterocycles. The highest BCUT2D eigenvalue weighted by Crippen LogP contribution is 2.32. The van der Waals surface area contributed by atoms with E-state index < -0.39 is 6.09 Å². The molecule has 0 radical (unpaired) electrons. The van der Waals surface area contributed by atoms with Gasteiger partial charge in [0.2, 0.25) is 12.7 Å². The molecule has 1 atom stereocenters. The monoisotopic (exact) mass is 366 g/mol. The molecule has 0 aromatic heterocycles. The Balaban J connectivity index is 1.29. The first-order valence-corrected chi connectivity index (χ1v) is 8.58. The van der Waals surface area contributed by atoms with Gasteiger partial charge in [0.1, 0.15) is 6.10 Å². The molecule has 4 rings (SSSR count). The van der Waals surface area contributed by atoms with Gasteiger partial charge in [-0.3, -0.25) is 9.69 Å². The first-order valence-electron chi connectivity index (χ1n) is 8.58. The summed E-state index contributed by atoms with van der Waals surface area (Å²) >= 11 is 0. The number of rotatable bonds is 5. The molecule has 1 fully saturated rings. The van der Waals surface area contributed by atoms with Crippen molar-refractivity contribution in [3.05, 3.63) is 60.2 Å². The van der Waals surface area contributed by atoms with Gasteiger partial charge in [0.25, 0.3) is 0 Å². The summed E-state index contributed by atoms with van der Waals surface area (Å²) in [5.74, 6) is 1.10. The van der Waals surface area contributed by atoms with E-state index >= 15 is 0 Å². The maximum Gasteiger partial charge on any atom is 0.414 e. The number of anilines is 1. The van der Waals surface area contributed by atoms with Gasteiger partial charge < -0.3 is 19.5 Å². The predicted octanol–water partition coefficient (Wildman–Crippen LogP) is 2.57. The molecule has 27 heavy (non-hydrogen) atoms. The number of hydrogen-bond acceptors (Lipinski definition) is 5. The first kappa shape index (κ1) is 17.0. The fraction of sp³-hybridized carbons (Fsp3) is 0.200. The van der Waals surface area contributed by atoms with Gasteiger partial charge in [-0.1, -0.05) is 24.3 Å². The molecule has 7 nitrogen and oxygen atoms in total. The van der Waals surface area contributed by atoms with E-state index in [1.165, 1.54) is 6.08 Å². The van der Waals surface area contributed by atoms with Crippen LogP contribution in [0.4, 0.5) is 10.5 Å². The van der Waals surface area contributed by atoms with E-state index in [0.29, 0.717) is 18.0 Å². The molecule has 0 spiro atoms.